The van der Waals surface area contributed by atoms with Crippen molar-refractivity contribution in [2.24, 2.45) is 5.41 Å². The monoisotopic (exact) mass is 271 g/mol. The largest absolute Gasteiger partial charge is 0.313 e. The summed E-state index contributed by atoms with van der Waals surface area (Å²) in [5.41, 5.74) is 0.684. The van der Waals surface area contributed by atoms with Crippen molar-refractivity contribution in [3.05, 3.63) is 34.6 Å². The summed E-state index contributed by atoms with van der Waals surface area (Å²) < 4.78 is 13.8. The van der Waals surface area contributed by atoms with E-state index in [1.54, 1.807) is 12.1 Å². The van der Waals surface area contributed by atoms with Crippen molar-refractivity contribution >= 4 is 11.6 Å². The van der Waals surface area contributed by atoms with E-state index in [4.69, 9.17) is 11.6 Å². The first kappa shape index (κ1) is 15.5. The zero-order chi connectivity index (χ0) is 13.8. The van der Waals surface area contributed by atoms with Gasteiger partial charge in [0.1, 0.15) is 5.82 Å². The summed E-state index contributed by atoms with van der Waals surface area (Å²) in [6.07, 6.45) is 1.69. The minimum atomic E-state index is -0.213. The van der Waals surface area contributed by atoms with Crippen LogP contribution in [-0.4, -0.2) is 12.6 Å². The lowest BCUT2D eigenvalue weighted by Gasteiger charge is -2.32. The Bertz CT molecular complexity index is 364. The Balaban J connectivity index is 2.89. The highest BCUT2D eigenvalue weighted by Gasteiger charge is 2.25. The summed E-state index contributed by atoms with van der Waals surface area (Å²) >= 11 is 6.09. The second-order valence-corrected chi connectivity index (χ2v) is 6.18. The van der Waals surface area contributed by atoms with E-state index in [1.807, 2.05) is 0 Å². The first-order chi connectivity index (χ1) is 8.36. The summed E-state index contributed by atoms with van der Waals surface area (Å²) in [4.78, 5) is 0. The minimum absolute atomic E-state index is 0.0702. The van der Waals surface area contributed by atoms with E-state index in [2.05, 4.69) is 33.0 Å². The van der Waals surface area contributed by atoms with Crippen LogP contribution in [0.1, 0.15) is 39.7 Å². The Morgan fingerprint density at radius 1 is 1.33 bits per heavy atom. The summed E-state index contributed by atoms with van der Waals surface area (Å²) in [6.45, 7) is 9.55. The maximum absolute atomic E-state index is 13.8. The smallest absolute Gasteiger partial charge is 0.127 e. The fourth-order valence-corrected chi connectivity index (χ4v) is 2.17. The van der Waals surface area contributed by atoms with Crippen molar-refractivity contribution in [2.45, 2.75) is 46.6 Å². The van der Waals surface area contributed by atoms with Crippen LogP contribution >= 0.6 is 11.6 Å². The number of nitrogens with one attached hydrogen (secondary N) is 1. The summed E-state index contributed by atoms with van der Waals surface area (Å²) in [7, 11) is 0. The van der Waals surface area contributed by atoms with Crippen LogP contribution in [0.15, 0.2) is 18.2 Å². The zero-order valence-electron chi connectivity index (χ0n) is 11.7. The maximum atomic E-state index is 13.8. The van der Waals surface area contributed by atoms with Crippen molar-refractivity contribution in [3.8, 4) is 0 Å². The van der Waals surface area contributed by atoms with Crippen molar-refractivity contribution in [2.75, 3.05) is 6.54 Å². The molecule has 1 N–H and O–H groups in total. The number of halogens is 2. The van der Waals surface area contributed by atoms with Crippen LogP contribution in [0.5, 0.6) is 0 Å². The Morgan fingerprint density at radius 2 is 2.00 bits per heavy atom. The van der Waals surface area contributed by atoms with Crippen LogP contribution in [0.3, 0.4) is 0 Å². The van der Waals surface area contributed by atoms with E-state index >= 15 is 0 Å². The van der Waals surface area contributed by atoms with Gasteiger partial charge in [-0.3, -0.25) is 0 Å². The average molecular weight is 272 g/mol. The predicted molar refractivity (Wildman–Crippen MR) is 76.7 cm³/mol. The number of hydrogen-bond donors (Lipinski definition) is 1. The third-order valence-electron chi connectivity index (χ3n) is 3.16. The molecule has 0 amide bonds. The molecule has 0 heterocycles. The van der Waals surface area contributed by atoms with Crippen molar-refractivity contribution in [3.63, 3.8) is 0 Å². The second-order valence-electron chi connectivity index (χ2n) is 5.78. The summed E-state index contributed by atoms with van der Waals surface area (Å²) in [6, 6.07) is 5.08. The molecule has 0 fully saturated rings. The number of rotatable bonds is 5. The van der Waals surface area contributed by atoms with Gasteiger partial charge in [0, 0.05) is 16.6 Å². The van der Waals surface area contributed by atoms with Crippen molar-refractivity contribution in [1.82, 2.24) is 5.32 Å². The Hall–Kier alpha value is -0.600. The van der Waals surface area contributed by atoms with Gasteiger partial charge in [-0.05, 0) is 36.9 Å². The van der Waals surface area contributed by atoms with Crippen LogP contribution in [0, 0.1) is 11.2 Å². The van der Waals surface area contributed by atoms with Gasteiger partial charge in [-0.15, -0.1) is 0 Å². The SMILES string of the molecule is CCCNC(Cc1c(F)cccc1Cl)C(C)(C)C. The van der Waals surface area contributed by atoms with Crippen LogP contribution in [-0.2, 0) is 6.42 Å². The molecule has 0 spiro atoms. The molecule has 0 bridgehead atoms. The van der Waals surface area contributed by atoms with E-state index in [1.165, 1.54) is 6.07 Å². The lowest BCUT2D eigenvalue weighted by atomic mass is 9.83. The van der Waals surface area contributed by atoms with E-state index in [9.17, 15) is 4.39 Å². The standard InChI is InChI=1S/C15H23ClFN/c1-5-9-18-14(15(2,3)4)10-11-12(16)7-6-8-13(11)17/h6-8,14,18H,5,9-10H2,1-4H3. The van der Waals surface area contributed by atoms with Gasteiger partial charge < -0.3 is 5.32 Å². The van der Waals surface area contributed by atoms with Crippen LogP contribution in [0.2, 0.25) is 5.02 Å². The first-order valence-electron chi connectivity index (χ1n) is 6.52. The third kappa shape index (κ3) is 4.25. The van der Waals surface area contributed by atoms with Crippen LogP contribution in [0.25, 0.3) is 0 Å². The molecule has 0 saturated heterocycles. The van der Waals surface area contributed by atoms with Gasteiger partial charge in [0.25, 0.3) is 0 Å². The molecule has 102 valence electrons. The molecule has 1 nitrogen and oxygen atoms in total. The second kappa shape index (κ2) is 6.53. The number of hydrogen-bond acceptors (Lipinski definition) is 1. The van der Waals surface area contributed by atoms with E-state index in [0.717, 1.165) is 13.0 Å². The molecule has 1 unspecified atom stereocenters. The quantitative estimate of drug-likeness (QED) is 0.835. The van der Waals surface area contributed by atoms with E-state index in [0.29, 0.717) is 17.0 Å². The number of benzene rings is 1. The molecular weight excluding hydrogens is 249 g/mol. The minimum Gasteiger partial charge on any atom is -0.313 e. The van der Waals surface area contributed by atoms with Crippen molar-refractivity contribution < 1.29 is 4.39 Å². The average Bonchev–Trinajstić information content (AvgIpc) is 2.26. The van der Waals surface area contributed by atoms with E-state index in [-0.39, 0.29) is 17.3 Å². The van der Waals surface area contributed by atoms with Gasteiger partial charge in [0.2, 0.25) is 0 Å². The molecule has 0 radical (unpaired) electrons. The molecule has 0 aliphatic carbocycles. The summed E-state index contributed by atoms with van der Waals surface area (Å²) in [5.74, 6) is -0.213. The first-order valence-corrected chi connectivity index (χ1v) is 6.90. The third-order valence-corrected chi connectivity index (χ3v) is 3.51. The maximum Gasteiger partial charge on any atom is 0.127 e. The van der Waals surface area contributed by atoms with Gasteiger partial charge in [0.15, 0.2) is 0 Å². The highest BCUT2D eigenvalue weighted by Crippen LogP contribution is 2.27. The van der Waals surface area contributed by atoms with Gasteiger partial charge >= 0.3 is 0 Å². The fourth-order valence-electron chi connectivity index (χ4n) is 1.93. The van der Waals surface area contributed by atoms with Gasteiger partial charge in [0.05, 0.1) is 0 Å². The molecule has 3 heteroatoms. The molecule has 0 aliphatic rings. The molecule has 1 aromatic carbocycles. The molecule has 0 saturated carbocycles. The Morgan fingerprint density at radius 3 is 2.50 bits per heavy atom. The van der Waals surface area contributed by atoms with Gasteiger partial charge in [-0.25, -0.2) is 4.39 Å². The van der Waals surface area contributed by atoms with Crippen molar-refractivity contribution in [1.29, 1.82) is 0 Å². The lowest BCUT2D eigenvalue weighted by molar-refractivity contribution is 0.265. The van der Waals surface area contributed by atoms with Gasteiger partial charge in [-0.2, -0.15) is 0 Å². The highest BCUT2D eigenvalue weighted by molar-refractivity contribution is 6.31. The van der Waals surface area contributed by atoms with Gasteiger partial charge in [-0.1, -0.05) is 45.4 Å². The molecule has 1 rings (SSSR count). The molecule has 18 heavy (non-hydrogen) atoms. The topological polar surface area (TPSA) is 12.0 Å². The molecule has 0 aliphatic heterocycles. The normalized spacial score (nSPS) is 13.7. The molecule has 0 aromatic heterocycles. The Kier molecular flexibility index (Phi) is 5.61. The van der Waals surface area contributed by atoms with Crippen LogP contribution < -0.4 is 5.32 Å². The molecule has 1 aromatic rings. The lowest BCUT2D eigenvalue weighted by Crippen LogP contribution is -2.42. The highest BCUT2D eigenvalue weighted by atomic mass is 35.5. The molecule has 1 atom stereocenters. The summed E-state index contributed by atoms with van der Waals surface area (Å²) in [5, 5.41) is 4.00. The predicted octanol–water partition coefficient (Wildman–Crippen LogP) is 4.44. The zero-order valence-corrected chi connectivity index (χ0v) is 12.4. The molecular formula is C15H23ClFN. The fraction of sp³-hybridized carbons (Fsp3) is 0.600. The van der Waals surface area contributed by atoms with Crippen LogP contribution in [0.4, 0.5) is 4.39 Å². The Labute approximate surface area is 115 Å². The van der Waals surface area contributed by atoms with E-state index < -0.39 is 0 Å².